The van der Waals surface area contributed by atoms with E-state index in [1.165, 1.54) is 0 Å². The summed E-state index contributed by atoms with van der Waals surface area (Å²) in [6.07, 6.45) is 0. The number of hydrogen-bond acceptors (Lipinski definition) is 3. The maximum Gasteiger partial charge on any atom is 0.212 e. The van der Waals surface area contributed by atoms with Gasteiger partial charge < -0.3 is 10.5 Å². The van der Waals surface area contributed by atoms with Crippen LogP contribution in [0.15, 0.2) is 6.07 Å². The topological polar surface area (TPSA) is 53.1 Å². The molecule has 62 valence electrons. The van der Waals surface area contributed by atoms with Crippen LogP contribution in [-0.2, 0) is 13.1 Å². The van der Waals surface area contributed by atoms with Gasteiger partial charge >= 0.3 is 0 Å². The van der Waals surface area contributed by atoms with E-state index in [0.717, 1.165) is 24.7 Å². The van der Waals surface area contributed by atoms with Gasteiger partial charge in [-0.05, 0) is 0 Å². The number of nitrogens with two attached hydrogens (primary N) is 1. The summed E-state index contributed by atoms with van der Waals surface area (Å²) in [7, 11) is 0. The molecule has 1 aliphatic heterocycles. The molecule has 0 spiro atoms. The van der Waals surface area contributed by atoms with Gasteiger partial charge in [-0.25, -0.2) is 4.68 Å². The molecule has 2 heterocycles. The lowest BCUT2D eigenvalue weighted by atomic mass is 10.4. The summed E-state index contributed by atoms with van der Waals surface area (Å²) in [4.78, 5) is 0. The summed E-state index contributed by atoms with van der Waals surface area (Å²) in [5.41, 5.74) is 6.28. The Kier molecular flexibility index (Phi) is 2.36. The Bertz CT molecular complexity index is 226. The summed E-state index contributed by atoms with van der Waals surface area (Å²) in [5.74, 6) is 0.848. The van der Waals surface area contributed by atoms with Gasteiger partial charge in [-0.1, -0.05) is 0 Å². The summed E-state index contributed by atoms with van der Waals surface area (Å²) in [5, 5.41) is 4.18. The molecule has 1 aliphatic rings. The van der Waals surface area contributed by atoms with Crippen molar-refractivity contribution in [2.24, 2.45) is 5.73 Å². The van der Waals surface area contributed by atoms with Crippen LogP contribution in [0.3, 0.4) is 0 Å². The summed E-state index contributed by atoms with van der Waals surface area (Å²) < 4.78 is 7.06. The van der Waals surface area contributed by atoms with Crippen molar-refractivity contribution >= 4 is 12.4 Å². The summed E-state index contributed by atoms with van der Waals surface area (Å²) >= 11 is 0. The van der Waals surface area contributed by atoms with Crippen molar-refractivity contribution in [3.63, 3.8) is 0 Å². The highest BCUT2D eigenvalue weighted by molar-refractivity contribution is 5.85. The van der Waals surface area contributed by atoms with Gasteiger partial charge in [0.1, 0.15) is 6.61 Å². The number of fused-ring (bicyclic) bond motifs is 1. The third kappa shape index (κ3) is 1.32. The molecule has 0 aromatic carbocycles. The van der Waals surface area contributed by atoms with Crippen LogP contribution < -0.4 is 10.5 Å². The fraction of sp³-hybridized carbons (Fsp3) is 0.500. The van der Waals surface area contributed by atoms with Gasteiger partial charge in [-0.3, -0.25) is 0 Å². The Morgan fingerprint density at radius 2 is 2.55 bits per heavy atom. The largest absolute Gasteiger partial charge is 0.476 e. The monoisotopic (exact) mass is 175 g/mol. The number of aromatic nitrogens is 2. The average molecular weight is 176 g/mol. The average Bonchev–Trinajstić information content (AvgIpc) is 2.42. The Hall–Kier alpha value is -0.740. The molecule has 0 amide bonds. The Balaban J connectivity index is 0.000000605. The van der Waals surface area contributed by atoms with Gasteiger partial charge in [0.2, 0.25) is 5.88 Å². The van der Waals surface area contributed by atoms with Gasteiger partial charge in [0.05, 0.1) is 12.2 Å². The molecule has 0 radical (unpaired) electrons. The van der Waals surface area contributed by atoms with E-state index in [2.05, 4.69) is 5.10 Å². The molecule has 1 aromatic heterocycles. The van der Waals surface area contributed by atoms with Crippen LogP contribution in [0.1, 0.15) is 5.69 Å². The third-order valence-electron chi connectivity index (χ3n) is 1.56. The van der Waals surface area contributed by atoms with E-state index < -0.39 is 0 Å². The molecule has 0 unspecified atom stereocenters. The molecule has 0 aliphatic carbocycles. The number of ether oxygens (including phenoxy) is 1. The smallest absolute Gasteiger partial charge is 0.212 e. The highest BCUT2D eigenvalue weighted by Crippen LogP contribution is 2.17. The van der Waals surface area contributed by atoms with Gasteiger partial charge in [-0.15, -0.1) is 12.4 Å². The second kappa shape index (κ2) is 3.11. The summed E-state index contributed by atoms with van der Waals surface area (Å²) in [6.45, 7) is 2.09. The zero-order chi connectivity index (χ0) is 6.97. The highest BCUT2D eigenvalue weighted by atomic mass is 35.5. The van der Waals surface area contributed by atoms with E-state index in [4.69, 9.17) is 10.5 Å². The Labute approximate surface area is 70.7 Å². The molecule has 2 N–H and O–H groups in total. The van der Waals surface area contributed by atoms with Crippen LogP contribution in [0, 0.1) is 0 Å². The van der Waals surface area contributed by atoms with Crippen molar-refractivity contribution in [1.29, 1.82) is 0 Å². The van der Waals surface area contributed by atoms with E-state index in [-0.39, 0.29) is 12.4 Å². The van der Waals surface area contributed by atoms with Crippen LogP contribution in [0.2, 0.25) is 0 Å². The van der Waals surface area contributed by atoms with E-state index in [0.29, 0.717) is 6.54 Å². The van der Waals surface area contributed by atoms with Gasteiger partial charge in [0.25, 0.3) is 0 Å². The standard InChI is InChI=1S/C6H9N3O.ClH/c7-4-5-3-6-9(8-5)1-2-10-6;/h3H,1-2,4,7H2;1H. The van der Waals surface area contributed by atoms with Crippen molar-refractivity contribution in [2.45, 2.75) is 13.1 Å². The van der Waals surface area contributed by atoms with Gasteiger partial charge in [0, 0.05) is 12.6 Å². The molecular formula is C6H10ClN3O. The first kappa shape index (κ1) is 8.36. The van der Waals surface area contributed by atoms with Crippen molar-refractivity contribution < 1.29 is 4.74 Å². The van der Waals surface area contributed by atoms with Crippen molar-refractivity contribution in [1.82, 2.24) is 9.78 Å². The lowest BCUT2D eigenvalue weighted by molar-refractivity contribution is 0.356. The maximum absolute atomic E-state index is 5.38. The first-order valence-corrected chi connectivity index (χ1v) is 3.30. The molecule has 5 heteroatoms. The second-order valence-electron chi connectivity index (χ2n) is 2.25. The molecule has 0 atom stereocenters. The van der Waals surface area contributed by atoms with Crippen LogP contribution >= 0.6 is 12.4 Å². The quantitative estimate of drug-likeness (QED) is 0.662. The van der Waals surface area contributed by atoms with Crippen molar-refractivity contribution in [3.05, 3.63) is 11.8 Å². The van der Waals surface area contributed by atoms with Crippen LogP contribution in [0.4, 0.5) is 0 Å². The lowest BCUT2D eigenvalue weighted by Crippen LogP contribution is -2.01. The number of halogens is 1. The highest BCUT2D eigenvalue weighted by Gasteiger charge is 2.13. The SMILES string of the molecule is Cl.NCc1cc2n(n1)CCO2. The molecule has 2 rings (SSSR count). The van der Waals surface area contributed by atoms with Crippen molar-refractivity contribution in [3.8, 4) is 5.88 Å². The minimum atomic E-state index is 0. The molecule has 0 saturated carbocycles. The minimum absolute atomic E-state index is 0. The molecule has 0 bridgehead atoms. The maximum atomic E-state index is 5.38. The first-order valence-electron chi connectivity index (χ1n) is 3.30. The molecule has 0 saturated heterocycles. The fourth-order valence-electron chi connectivity index (χ4n) is 1.06. The lowest BCUT2D eigenvalue weighted by Gasteiger charge is -1.87. The number of hydrogen-bond donors (Lipinski definition) is 1. The Morgan fingerprint density at radius 3 is 3.18 bits per heavy atom. The molecule has 0 fully saturated rings. The number of nitrogens with zero attached hydrogens (tertiary/aromatic N) is 2. The predicted molar refractivity (Wildman–Crippen MR) is 42.9 cm³/mol. The van der Waals surface area contributed by atoms with E-state index in [1.807, 2.05) is 10.7 Å². The molecule has 4 nitrogen and oxygen atoms in total. The zero-order valence-corrected chi connectivity index (χ0v) is 6.80. The third-order valence-corrected chi connectivity index (χ3v) is 1.56. The van der Waals surface area contributed by atoms with Crippen molar-refractivity contribution in [2.75, 3.05) is 6.61 Å². The molecular weight excluding hydrogens is 166 g/mol. The van der Waals surface area contributed by atoms with E-state index in [9.17, 15) is 0 Å². The summed E-state index contributed by atoms with van der Waals surface area (Å²) in [6, 6.07) is 1.88. The second-order valence-corrected chi connectivity index (χ2v) is 2.25. The zero-order valence-electron chi connectivity index (χ0n) is 5.99. The predicted octanol–water partition coefficient (Wildman–Crippen LogP) is 0.156. The molecule has 1 aromatic rings. The van der Waals surface area contributed by atoms with Gasteiger partial charge in [0.15, 0.2) is 0 Å². The normalized spacial score (nSPS) is 13.5. The van der Waals surface area contributed by atoms with Gasteiger partial charge in [-0.2, -0.15) is 5.10 Å². The van der Waals surface area contributed by atoms with Crippen LogP contribution in [-0.4, -0.2) is 16.4 Å². The van der Waals surface area contributed by atoms with E-state index >= 15 is 0 Å². The first-order chi connectivity index (χ1) is 4.90. The Morgan fingerprint density at radius 1 is 1.73 bits per heavy atom. The molecule has 11 heavy (non-hydrogen) atoms. The van der Waals surface area contributed by atoms with E-state index in [1.54, 1.807) is 0 Å². The minimum Gasteiger partial charge on any atom is -0.476 e. The van der Waals surface area contributed by atoms with Crippen LogP contribution in [0.5, 0.6) is 5.88 Å². The fourth-order valence-corrected chi connectivity index (χ4v) is 1.06. The van der Waals surface area contributed by atoms with Crippen LogP contribution in [0.25, 0.3) is 0 Å². The number of rotatable bonds is 1.